The molecule has 0 aliphatic carbocycles. The number of rotatable bonds is 6. The normalized spacial score (nSPS) is 11.9. The lowest BCUT2D eigenvalue weighted by Crippen LogP contribution is -2.29. The summed E-state index contributed by atoms with van der Waals surface area (Å²) in [5.74, 6) is 1.15. The summed E-state index contributed by atoms with van der Waals surface area (Å²) in [7, 11) is 5.03. The van der Waals surface area contributed by atoms with Gasteiger partial charge in [-0.15, -0.1) is 10.2 Å². The van der Waals surface area contributed by atoms with Crippen LogP contribution in [-0.4, -0.2) is 52.0 Å². The Morgan fingerprint density at radius 1 is 1.14 bits per heavy atom. The summed E-state index contributed by atoms with van der Waals surface area (Å²) in [5.41, 5.74) is 1.46. The van der Waals surface area contributed by atoms with Gasteiger partial charge >= 0.3 is 0 Å². The second kappa shape index (κ2) is 9.07. The predicted octanol–water partition coefficient (Wildman–Crippen LogP) is 4.82. The summed E-state index contributed by atoms with van der Waals surface area (Å²) < 4.78 is 7.37. The molecule has 0 N–H and O–H groups in total. The van der Waals surface area contributed by atoms with Crippen LogP contribution in [0.4, 0.5) is 0 Å². The van der Waals surface area contributed by atoms with E-state index < -0.39 is 0 Å². The van der Waals surface area contributed by atoms with Gasteiger partial charge in [-0.05, 0) is 37.3 Å². The van der Waals surface area contributed by atoms with E-state index in [1.807, 2.05) is 29.7 Å². The molecule has 1 aromatic heterocycles. The number of hydrogen-bond acceptors (Lipinski definition) is 5. The zero-order valence-electron chi connectivity index (χ0n) is 16.4. The number of methoxy groups -OCH3 is 1. The molecule has 29 heavy (non-hydrogen) atoms. The first-order valence-corrected chi connectivity index (χ1v) is 10.4. The van der Waals surface area contributed by atoms with Crippen molar-refractivity contribution in [1.29, 1.82) is 0 Å². The van der Waals surface area contributed by atoms with Crippen LogP contribution in [0.25, 0.3) is 17.1 Å². The smallest absolute Gasteiger partial charge is 0.235 e. The molecule has 0 aliphatic rings. The number of thioether (sulfide) groups is 1. The van der Waals surface area contributed by atoms with Gasteiger partial charge in [0.1, 0.15) is 5.75 Å². The van der Waals surface area contributed by atoms with Crippen molar-refractivity contribution in [2.45, 2.75) is 17.3 Å². The van der Waals surface area contributed by atoms with Crippen LogP contribution < -0.4 is 4.74 Å². The lowest BCUT2D eigenvalue weighted by molar-refractivity contribution is -0.127. The molecule has 6 nitrogen and oxygen atoms in total. The highest BCUT2D eigenvalue weighted by molar-refractivity contribution is 8.00. The van der Waals surface area contributed by atoms with Gasteiger partial charge in [-0.25, -0.2) is 0 Å². The molecule has 3 aromatic rings. The summed E-state index contributed by atoms with van der Waals surface area (Å²) in [5, 5.41) is 10.0. The SMILES string of the molecule is COc1ccc(Cl)cc1-n1c(SC(C)C(=O)N(C)C)nnc1-c1cccc(Cl)c1. The molecule has 1 heterocycles. The van der Waals surface area contributed by atoms with Crippen LogP contribution in [-0.2, 0) is 4.79 Å². The van der Waals surface area contributed by atoms with E-state index in [0.29, 0.717) is 32.5 Å². The molecule has 0 spiro atoms. The first kappa shape index (κ1) is 21.5. The fraction of sp³-hybridized carbons (Fsp3) is 0.250. The van der Waals surface area contributed by atoms with Crippen molar-refractivity contribution in [2.75, 3.05) is 21.2 Å². The minimum Gasteiger partial charge on any atom is -0.495 e. The predicted molar refractivity (Wildman–Crippen MR) is 117 cm³/mol. The van der Waals surface area contributed by atoms with Crippen LogP contribution in [0.15, 0.2) is 47.6 Å². The number of halogens is 2. The van der Waals surface area contributed by atoms with E-state index in [4.69, 9.17) is 27.9 Å². The largest absolute Gasteiger partial charge is 0.495 e. The van der Waals surface area contributed by atoms with Gasteiger partial charge in [0.15, 0.2) is 11.0 Å². The average Bonchev–Trinajstić information content (AvgIpc) is 3.10. The molecule has 1 amide bonds. The molecule has 2 aromatic carbocycles. The van der Waals surface area contributed by atoms with Crippen molar-refractivity contribution in [2.24, 2.45) is 0 Å². The molecule has 0 saturated carbocycles. The summed E-state index contributed by atoms with van der Waals surface area (Å²) >= 11 is 13.8. The molecule has 3 rings (SSSR count). The molecular weight excluding hydrogens is 431 g/mol. The van der Waals surface area contributed by atoms with Gasteiger partial charge in [0, 0.05) is 29.7 Å². The molecule has 1 unspecified atom stereocenters. The standard InChI is InChI=1S/C20H20Cl2N4O2S/c1-12(19(27)25(2)3)29-20-24-23-18(13-6-5-7-14(21)10-13)26(20)16-11-15(22)8-9-17(16)28-4/h5-12H,1-4H3. The van der Waals surface area contributed by atoms with Gasteiger partial charge < -0.3 is 9.64 Å². The number of carbonyl (C=O) groups excluding carboxylic acids is 1. The molecule has 1 atom stereocenters. The maximum atomic E-state index is 12.4. The lowest BCUT2D eigenvalue weighted by atomic mass is 10.2. The van der Waals surface area contributed by atoms with Crippen molar-refractivity contribution < 1.29 is 9.53 Å². The number of ether oxygens (including phenoxy) is 1. The van der Waals surface area contributed by atoms with Crippen molar-refractivity contribution in [1.82, 2.24) is 19.7 Å². The van der Waals surface area contributed by atoms with Gasteiger partial charge in [0.05, 0.1) is 18.0 Å². The fourth-order valence-corrected chi connectivity index (χ4v) is 4.15. The van der Waals surface area contributed by atoms with E-state index in [0.717, 1.165) is 5.56 Å². The van der Waals surface area contributed by atoms with Crippen LogP contribution in [0.2, 0.25) is 10.0 Å². The third-order valence-corrected chi connectivity index (χ3v) is 5.67. The Hall–Kier alpha value is -2.22. The molecule has 9 heteroatoms. The summed E-state index contributed by atoms with van der Waals surface area (Å²) in [6, 6.07) is 12.6. The van der Waals surface area contributed by atoms with Crippen molar-refractivity contribution in [3.8, 4) is 22.8 Å². The Bertz CT molecular complexity index is 1040. The monoisotopic (exact) mass is 450 g/mol. The van der Waals surface area contributed by atoms with Gasteiger partial charge in [0.2, 0.25) is 5.91 Å². The minimum atomic E-state index is -0.356. The van der Waals surface area contributed by atoms with Gasteiger partial charge in [0.25, 0.3) is 0 Å². The number of hydrogen-bond donors (Lipinski definition) is 0. The van der Waals surface area contributed by atoms with Crippen LogP contribution in [0.5, 0.6) is 5.75 Å². The van der Waals surface area contributed by atoms with E-state index in [2.05, 4.69) is 10.2 Å². The maximum absolute atomic E-state index is 12.4. The number of amides is 1. The quantitative estimate of drug-likeness (QED) is 0.503. The molecule has 0 radical (unpaired) electrons. The third kappa shape index (κ3) is 4.69. The van der Waals surface area contributed by atoms with Crippen molar-refractivity contribution in [3.05, 3.63) is 52.5 Å². The summed E-state index contributed by atoms with van der Waals surface area (Å²) in [4.78, 5) is 13.9. The fourth-order valence-electron chi connectivity index (χ4n) is 2.79. The Morgan fingerprint density at radius 3 is 2.52 bits per heavy atom. The molecule has 0 bridgehead atoms. The van der Waals surface area contributed by atoms with E-state index in [-0.39, 0.29) is 11.2 Å². The highest BCUT2D eigenvalue weighted by atomic mass is 35.5. The Kier molecular flexibility index (Phi) is 6.72. The second-order valence-corrected chi connectivity index (χ2v) is 8.64. The Morgan fingerprint density at radius 2 is 1.86 bits per heavy atom. The minimum absolute atomic E-state index is 0.0214. The van der Waals surface area contributed by atoms with Gasteiger partial charge in [-0.3, -0.25) is 9.36 Å². The maximum Gasteiger partial charge on any atom is 0.235 e. The molecule has 0 fully saturated rings. The van der Waals surface area contributed by atoms with E-state index in [9.17, 15) is 4.79 Å². The second-order valence-electron chi connectivity index (χ2n) is 6.46. The zero-order chi connectivity index (χ0) is 21.1. The van der Waals surface area contributed by atoms with Crippen molar-refractivity contribution >= 4 is 40.9 Å². The highest BCUT2D eigenvalue weighted by Gasteiger charge is 2.24. The average molecular weight is 451 g/mol. The summed E-state index contributed by atoms with van der Waals surface area (Å²) in [6.07, 6.45) is 0. The van der Waals surface area contributed by atoms with Crippen molar-refractivity contribution in [3.63, 3.8) is 0 Å². The first-order chi connectivity index (χ1) is 13.8. The van der Waals surface area contributed by atoms with Gasteiger partial charge in [-0.2, -0.15) is 0 Å². The molecule has 0 aliphatic heterocycles. The molecule has 152 valence electrons. The number of carbonyl (C=O) groups is 1. The lowest BCUT2D eigenvalue weighted by Gasteiger charge is -2.18. The van der Waals surface area contributed by atoms with Gasteiger partial charge in [-0.1, -0.05) is 47.1 Å². The van der Waals surface area contributed by atoms with Crippen LogP contribution in [0.3, 0.4) is 0 Å². The summed E-state index contributed by atoms with van der Waals surface area (Å²) in [6.45, 7) is 1.83. The third-order valence-electron chi connectivity index (χ3n) is 4.17. The number of nitrogens with zero attached hydrogens (tertiary/aromatic N) is 4. The number of aromatic nitrogens is 3. The Balaban J connectivity index is 2.18. The molecule has 0 saturated heterocycles. The number of benzene rings is 2. The zero-order valence-corrected chi connectivity index (χ0v) is 18.7. The van der Waals surface area contributed by atoms with Crippen LogP contribution >= 0.6 is 35.0 Å². The van der Waals surface area contributed by atoms with Crippen LogP contribution in [0, 0.1) is 0 Å². The first-order valence-electron chi connectivity index (χ1n) is 8.75. The van der Waals surface area contributed by atoms with E-state index >= 15 is 0 Å². The Labute approximate surface area is 183 Å². The molecular formula is C20H20Cl2N4O2S. The highest BCUT2D eigenvalue weighted by Crippen LogP contribution is 2.36. The topological polar surface area (TPSA) is 60.2 Å². The van der Waals surface area contributed by atoms with E-state index in [1.54, 1.807) is 50.4 Å². The van der Waals surface area contributed by atoms with Crippen LogP contribution in [0.1, 0.15) is 6.92 Å². The van der Waals surface area contributed by atoms with E-state index in [1.165, 1.54) is 11.8 Å².